The van der Waals surface area contributed by atoms with E-state index in [0.29, 0.717) is 43.0 Å². The fourth-order valence-electron chi connectivity index (χ4n) is 4.09. The molecule has 0 aliphatic carbocycles. The number of fused-ring (bicyclic) bond motifs is 1. The van der Waals surface area contributed by atoms with Crippen LogP contribution in [0.3, 0.4) is 0 Å². The topological polar surface area (TPSA) is 84.9 Å². The Labute approximate surface area is 170 Å². The number of hydrogen-bond acceptors (Lipinski definition) is 5. The molecule has 1 saturated heterocycles. The summed E-state index contributed by atoms with van der Waals surface area (Å²) in [5, 5.41) is 2.79. The van der Waals surface area contributed by atoms with Crippen LogP contribution in [-0.4, -0.2) is 39.4 Å². The lowest BCUT2D eigenvalue weighted by molar-refractivity contribution is -0.116. The average molecular weight is 416 g/mol. The van der Waals surface area contributed by atoms with E-state index in [1.807, 2.05) is 6.07 Å². The Bertz CT molecular complexity index is 1050. The van der Waals surface area contributed by atoms with Gasteiger partial charge in [-0.1, -0.05) is 0 Å². The summed E-state index contributed by atoms with van der Waals surface area (Å²) in [6.45, 7) is 0.446. The highest BCUT2D eigenvalue weighted by atomic mass is 32.2. The van der Waals surface area contributed by atoms with Crippen LogP contribution in [0.1, 0.15) is 36.4 Å². The van der Waals surface area contributed by atoms with Crippen LogP contribution in [0.25, 0.3) is 0 Å². The van der Waals surface area contributed by atoms with Crippen LogP contribution in [-0.2, 0) is 21.2 Å². The van der Waals surface area contributed by atoms with Gasteiger partial charge in [-0.25, -0.2) is 8.42 Å². The molecule has 8 heteroatoms. The molecular formula is C21H24N2O5S. The van der Waals surface area contributed by atoms with Gasteiger partial charge in [0.2, 0.25) is 15.9 Å². The van der Waals surface area contributed by atoms with Gasteiger partial charge >= 0.3 is 0 Å². The highest BCUT2D eigenvalue weighted by Gasteiger charge is 2.38. The molecule has 29 heavy (non-hydrogen) atoms. The second kappa shape index (κ2) is 7.68. The third-order valence-electron chi connectivity index (χ3n) is 5.58. The second-order valence-corrected chi connectivity index (χ2v) is 9.14. The molecule has 2 aromatic carbocycles. The molecule has 2 aliphatic heterocycles. The number of anilines is 1. The SMILES string of the molecule is COc1ccc(OC)c([C@@H]2CCCN2S(=O)(=O)c2ccc3c(c2)CCC(=O)N3)c1. The highest BCUT2D eigenvalue weighted by molar-refractivity contribution is 7.89. The minimum Gasteiger partial charge on any atom is -0.497 e. The van der Waals surface area contributed by atoms with E-state index in [1.54, 1.807) is 48.9 Å². The largest absolute Gasteiger partial charge is 0.497 e. The summed E-state index contributed by atoms with van der Waals surface area (Å²) in [7, 11) is -0.539. The predicted octanol–water partition coefficient (Wildman–Crippen LogP) is 3.11. The van der Waals surface area contributed by atoms with Crippen LogP contribution in [0.15, 0.2) is 41.3 Å². The molecule has 0 saturated carbocycles. The molecule has 1 atom stereocenters. The van der Waals surface area contributed by atoms with Crippen molar-refractivity contribution < 1.29 is 22.7 Å². The number of carbonyl (C=O) groups is 1. The normalized spacial score (nSPS) is 19.5. The molecule has 1 amide bonds. The Balaban J connectivity index is 1.71. The van der Waals surface area contributed by atoms with E-state index in [4.69, 9.17) is 9.47 Å². The molecule has 7 nitrogen and oxygen atoms in total. The predicted molar refractivity (Wildman–Crippen MR) is 109 cm³/mol. The van der Waals surface area contributed by atoms with Gasteiger partial charge in [0.15, 0.2) is 0 Å². The molecule has 0 radical (unpaired) electrons. The average Bonchev–Trinajstić information content (AvgIpc) is 3.23. The summed E-state index contributed by atoms with van der Waals surface area (Å²) in [4.78, 5) is 11.8. The standard InChI is InChI=1S/C21H24N2O5S/c1-27-15-6-9-20(28-2)17(13-15)19-4-3-11-23(19)29(25,26)16-7-8-18-14(12-16)5-10-21(24)22-18/h6-9,12-13,19H,3-5,10-11H2,1-2H3,(H,22,24)/t19-/m0/s1. The van der Waals surface area contributed by atoms with Gasteiger partial charge in [-0.15, -0.1) is 0 Å². The smallest absolute Gasteiger partial charge is 0.243 e. The van der Waals surface area contributed by atoms with E-state index in [0.717, 1.165) is 17.5 Å². The number of benzene rings is 2. The summed E-state index contributed by atoms with van der Waals surface area (Å²) in [5.41, 5.74) is 2.34. The lowest BCUT2D eigenvalue weighted by atomic mass is 10.0. The van der Waals surface area contributed by atoms with Crippen molar-refractivity contribution in [2.45, 2.75) is 36.6 Å². The van der Waals surface area contributed by atoms with Crippen molar-refractivity contribution >= 4 is 21.6 Å². The summed E-state index contributed by atoms with van der Waals surface area (Å²) in [6.07, 6.45) is 2.39. The molecule has 2 heterocycles. The van der Waals surface area contributed by atoms with Crippen LogP contribution >= 0.6 is 0 Å². The van der Waals surface area contributed by atoms with Crippen LogP contribution in [0, 0.1) is 0 Å². The maximum absolute atomic E-state index is 13.5. The molecule has 0 spiro atoms. The molecule has 1 fully saturated rings. The molecule has 0 aromatic heterocycles. The fourth-order valence-corrected chi connectivity index (χ4v) is 5.82. The zero-order chi connectivity index (χ0) is 20.6. The van der Waals surface area contributed by atoms with E-state index in [2.05, 4.69) is 5.32 Å². The number of aryl methyl sites for hydroxylation is 1. The van der Waals surface area contributed by atoms with Gasteiger partial charge in [0, 0.05) is 24.2 Å². The minimum absolute atomic E-state index is 0.0437. The molecule has 1 N–H and O–H groups in total. The van der Waals surface area contributed by atoms with E-state index >= 15 is 0 Å². The van der Waals surface area contributed by atoms with E-state index in [1.165, 1.54) is 0 Å². The van der Waals surface area contributed by atoms with Crippen molar-refractivity contribution in [1.29, 1.82) is 0 Å². The quantitative estimate of drug-likeness (QED) is 0.810. The van der Waals surface area contributed by atoms with Crippen LogP contribution < -0.4 is 14.8 Å². The van der Waals surface area contributed by atoms with Gasteiger partial charge in [-0.05, 0) is 61.2 Å². The maximum atomic E-state index is 13.5. The van der Waals surface area contributed by atoms with E-state index in [-0.39, 0.29) is 16.8 Å². The zero-order valence-electron chi connectivity index (χ0n) is 16.5. The Kier molecular flexibility index (Phi) is 5.23. The van der Waals surface area contributed by atoms with E-state index in [9.17, 15) is 13.2 Å². The Hall–Kier alpha value is -2.58. The number of nitrogens with zero attached hydrogens (tertiary/aromatic N) is 1. The number of rotatable bonds is 5. The van der Waals surface area contributed by atoms with Crippen molar-refractivity contribution in [3.05, 3.63) is 47.5 Å². The Morgan fingerprint density at radius 3 is 2.66 bits per heavy atom. The first-order chi connectivity index (χ1) is 13.9. The first-order valence-corrected chi connectivity index (χ1v) is 11.0. The van der Waals surface area contributed by atoms with Crippen molar-refractivity contribution in [2.75, 3.05) is 26.1 Å². The lowest BCUT2D eigenvalue weighted by Gasteiger charge is -2.27. The Morgan fingerprint density at radius 1 is 1.07 bits per heavy atom. The number of sulfonamides is 1. The number of methoxy groups -OCH3 is 2. The summed E-state index contributed by atoms with van der Waals surface area (Å²) >= 11 is 0. The van der Waals surface area contributed by atoms with Gasteiger partial charge in [0.1, 0.15) is 11.5 Å². The molecule has 154 valence electrons. The second-order valence-electron chi connectivity index (χ2n) is 7.25. The van der Waals surface area contributed by atoms with Gasteiger partial charge in [0.05, 0.1) is 25.2 Å². The van der Waals surface area contributed by atoms with Crippen molar-refractivity contribution in [1.82, 2.24) is 4.31 Å². The molecule has 0 unspecified atom stereocenters. The minimum atomic E-state index is -3.70. The van der Waals surface area contributed by atoms with Crippen LogP contribution in [0.5, 0.6) is 11.5 Å². The molecular weight excluding hydrogens is 392 g/mol. The lowest BCUT2D eigenvalue weighted by Crippen LogP contribution is -2.31. The van der Waals surface area contributed by atoms with Crippen molar-refractivity contribution in [2.24, 2.45) is 0 Å². The van der Waals surface area contributed by atoms with Gasteiger partial charge in [0.25, 0.3) is 0 Å². The van der Waals surface area contributed by atoms with Crippen LogP contribution in [0.4, 0.5) is 5.69 Å². The first-order valence-electron chi connectivity index (χ1n) is 9.60. The third kappa shape index (κ3) is 3.58. The summed E-state index contributed by atoms with van der Waals surface area (Å²) in [5.74, 6) is 1.26. The summed E-state index contributed by atoms with van der Waals surface area (Å²) in [6, 6.07) is 10.1. The molecule has 2 aromatic rings. The highest BCUT2D eigenvalue weighted by Crippen LogP contribution is 2.42. The maximum Gasteiger partial charge on any atom is 0.243 e. The van der Waals surface area contributed by atoms with Crippen molar-refractivity contribution in [3.63, 3.8) is 0 Å². The molecule has 2 aliphatic rings. The summed E-state index contributed by atoms with van der Waals surface area (Å²) < 4.78 is 39.4. The zero-order valence-corrected chi connectivity index (χ0v) is 17.3. The van der Waals surface area contributed by atoms with E-state index < -0.39 is 10.0 Å². The molecule has 4 rings (SSSR count). The number of carbonyl (C=O) groups excluding carboxylic acids is 1. The molecule has 0 bridgehead atoms. The number of nitrogens with one attached hydrogen (secondary N) is 1. The third-order valence-corrected chi connectivity index (χ3v) is 7.48. The Morgan fingerprint density at radius 2 is 1.90 bits per heavy atom. The van der Waals surface area contributed by atoms with Gasteiger partial charge in [-0.2, -0.15) is 4.31 Å². The van der Waals surface area contributed by atoms with Crippen LogP contribution in [0.2, 0.25) is 0 Å². The fraction of sp³-hybridized carbons (Fsp3) is 0.381. The van der Waals surface area contributed by atoms with Gasteiger partial charge in [-0.3, -0.25) is 4.79 Å². The van der Waals surface area contributed by atoms with Gasteiger partial charge < -0.3 is 14.8 Å². The first kappa shape index (κ1) is 19.7. The number of ether oxygens (including phenoxy) is 2. The number of amides is 1. The van der Waals surface area contributed by atoms with Crippen molar-refractivity contribution in [3.8, 4) is 11.5 Å². The number of hydrogen-bond donors (Lipinski definition) is 1. The monoisotopic (exact) mass is 416 g/mol.